The molecule has 2 aliphatic heterocycles. The first-order valence-corrected chi connectivity index (χ1v) is 9.55. The van der Waals surface area contributed by atoms with Gasteiger partial charge in [-0.25, -0.2) is 4.79 Å². The Morgan fingerprint density at radius 3 is 2.33 bits per heavy atom. The second-order valence-electron chi connectivity index (χ2n) is 7.51. The number of benzene rings is 2. The van der Waals surface area contributed by atoms with Gasteiger partial charge >= 0.3 is 5.97 Å². The highest BCUT2D eigenvalue weighted by Gasteiger charge is 2.62. The number of hydrogen-bond acceptors (Lipinski definition) is 6. The number of para-hydroxylation sites is 1. The lowest BCUT2D eigenvalue weighted by Crippen LogP contribution is -2.43. The van der Waals surface area contributed by atoms with Crippen molar-refractivity contribution in [3.63, 3.8) is 0 Å². The van der Waals surface area contributed by atoms with Gasteiger partial charge in [0.05, 0.1) is 36.9 Å². The van der Waals surface area contributed by atoms with E-state index in [4.69, 9.17) is 4.74 Å². The first kappa shape index (κ1) is 19.4. The van der Waals surface area contributed by atoms with Gasteiger partial charge in [-0.1, -0.05) is 42.5 Å². The Hall–Kier alpha value is -3.90. The number of carbonyl (C=O) groups is 2. The fourth-order valence-electron chi connectivity index (χ4n) is 4.71. The molecule has 0 aliphatic carbocycles. The van der Waals surface area contributed by atoms with Crippen molar-refractivity contribution in [3.05, 3.63) is 71.3 Å². The highest BCUT2D eigenvalue weighted by molar-refractivity contribution is 5.92. The summed E-state index contributed by atoms with van der Waals surface area (Å²) < 4.78 is 4.75. The van der Waals surface area contributed by atoms with E-state index in [1.807, 2.05) is 41.3 Å². The molecule has 1 saturated heterocycles. The van der Waals surface area contributed by atoms with Crippen molar-refractivity contribution < 1.29 is 14.3 Å². The summed E-state index contributed by atoms with van der Waals surface area (Å²) in [5.74, 6) is -1.28. The zero-order valence-electron chi connectivity index (χ0n) is 16.6. The Bertz CT molecular complexity index is 1120. The molecule has 0 aromatic heterocycles. The number of hydrogen-bond donors (Lipinski definition) is 0. The molecule has 2 heterocycles. The van der Waals surface area contributed by atoms with Gasteiger partial charge in [0.1, 0.15) is 0 Å². The molecule has 2 aliphatic rings. The van der Waals surface area contributed by atoms with Crippen LogP contribution in [0.3, 0.4) is 0 Å². The van der Waals surface area contributed by atoms with Crippen LogP contribution in [0.1, 0.15) is 34.3 Å². The van der Waals surface area contributed by atoms with E-state index in [0.717, 1.165) is 11.3 Å². The lowest BCUT2D eigenvalue weighted by molar-refractivity contribution is -0.118. The van der Waals surface area contributed by atoms with E-state index in [0.29, 0.717) is 11.1 Å². The summed E-state index contributed by atoms with van der Waals surface area (Å²) in [7, 11) is 1.30. The Morgan fingerprint density at radius 1 is 1.07 bits per heavy atom. The summed E-state index contributed by atoms with van der Waals surface area (Å²) in [5, 5.41) is 20.4. The predicted molar refractivity (Wildman–Crippen MR) is 110 cm³/mol. The number of rotatable bonds is 3. The van der Waals surface area contributed by atoms with Crippen molar-refractivity contribution in [2.45, 2.75) is 24.9 Å². The molecule has 0 N–H and O–H groups in total. The van der Waals surface area contributed by atoms with Crippen LogP contribution in [0.15, 0.2) is 54.6 Å². The maximum Gasteiger partial charge on any atom is 0.337 e. The normalized spacial score (nSPS) is 22.9. The maximum atomic E-state index is 12.9. The van der Waals surface area contributed by atoms with E-state index in [9.17, 15) is 20.1 Å². The van der Waals surface area contributed by atoms with E-state index in [2.05, 4.69) is 12.1 Å². The summed E-state index contributed by atoms with van der Waals surface area (Å²) in [5.41, 5.74) is 1.32. The van der Waals surface area contributed by atoms with Crippen LogP contribution in [-0.4, -0.2) is 30.9 Å². The number of anilines is 1. The smallest absolute Gasteiger partial charge is 0.337 e. The topological polar surface area (TPSA) is 94.2 Å². The largest absolute Gasteiger partial charge is 0.465 e. The molecular weight excluding hydrogens is 378 g/mol. The van der Waals surface area contributed by atoms with Gasteiger partial charge in [0.15, 0.2) is 11.2 Å². The number of esters is 1. The van der Waals surface area contributed by atoms with Crippen molar-refractivity contribution in [1.29, 1.82) is 10.5 Å². The van der Waals surface area contributed by atoms with Crippen molar-refractivity contribution in [2.75, 3.05) is 12.0 Å². The van der Waals surface area contributed by atoms with Crippen molar-refractivity contribution in [2.24, 2.45) is 5.41 Å². The van der Waals surface area contributed by atoms with Crippen LogP contribution < -0.4 is 4.90 Å². The molecule has 4 rings (SSSR count). The predicted octanol–water partition coefficient (Wildman–Crippen LogP) is 3.46. The average molecular weight is 397 g/mol. The van der Waals surface area contributed by atoms with Gasteiger partial charge in [-0.2, -0.15) is 10.5 Å². The zero-order chi connectivity index (χ0) is 21.5. The number of carbonyl (C=O) groups excluding carboxylic acids is 2. The molecule has 0 radical (unpaired) electrons. The molecule has 1 fully saturated rings. The number of methoxy groups -OCH3 is 1. The first-order valence-electron chi connectivity index (χ1n) is 9.55. The SMILES string of the molecule is COC(=O)c1ccc([C@@H]2[C@H](C(C)=O)N3c4ccccc4C=C[C@H]3C2(C#N)C#N)cc1. The number of fused-ring (bicyclic) bond motifs is 3. The molecule has 148 valence electrons. The van der Waals surface area contributed by atoms with Gasteiger partial charge < -0.3 is 9.64 Å². The standard InChI is InChI=1S/C24H19N3O3/c1-15(28)22-21(17-7-9-18(10-8-17)23(29)30-2)24(13-25,14-26)20-12-11-16-5-3-4-6-19(16)27(20)22/h3-12,20-22H,1-2H3/t20-,21+,22-/m0/s1. The Morgan fingerprint density at radius 2 is 1.73 bits per heavy atom. The summed E-state index contributed by atoms with van der Waals surface area (Å²) in [6.45, 7) is 1.49. The third kappa shape index (κ3) is 2.62. The van der Waals surface area contributed by atoms with Gasteiger partial charge in [-0.15, -0.1) is 0 Å². The third-order valence-electron chi connectivity index (χ3n) is 6.02. The lowest BCUT2D eigenvalue weighted by Gasteiger charge is -2.35. The van der Waals surface area contributed by atoms with Gasteiger partial charge in [0.25, 0.3) is 0 Å². The minimum absolute atomic E-state index is 0.125. The highest BCUT2D eigenvalue weighted by Crippen LogP contribution is 2.55. The summed E-state index contributed by atoms with van der Waals surface area (Å²) in [6.07, 6.45) is 3.74. The van der Waals surface area contributed by atoms with E-state index in [1.165, 1.54) is 14.0 Å². The van der Waals surface area contributed by atoms with Crippen LogP contribution >= 0.6 is 0 Å². The molecular formula is C24H19N3O3. The fraction of sp³-hybridized carbons (Fsp3) is 0.250. The van der Waals surface area contributed by atoms with Gasteiger partial charge in [0.2, 0.25) is 0 Å². The molecule has 3 atom stereocenters. The number of ketones is 1. The number of ether oxygens (including phenoxy) is 1. The van der Waals surface area contributed by atoms with Crippen LogP contribution in [0.5, 0.6) is 0 Å². The summed E-state index contributed by atoms with van der Waals surface area (Å²) in [6, 6.07) is 17.5. The molecule has 6 heteroatoms. The van der Waals surface area contributed by atoms with Crippen LogP contribution in [0.4, 0.5) is 5.69 Å². The monoisotopic (exact) mass is 397 g/mol. The minimum Gasteiger partial charge on any atom is -0.465 e. The Kier molecular flexibility index (Phi) is 4.64. The van der Waals surface area contributed by atoms with Crippen LogP contribution in [0.2, 0.25) is 0 Å². The molecule has 0 bridgehead atoms. The minimum atomic E-state index is -1.47. The number of Topliss-reactive ketones (excluding diaryl/α,β-unsaturated/α-hetero) is 1. The summed E-state index contributed by atoms with van der Waals surface area (Å²) in [4.78, 5) is 26.6. The van der Waals surface area contributed by atoms with Crippen molar-refractivity contribution in [1.82, 2.24) is 0 Å². The molecule has 30 heavy (non-hydrogen) atoms. The highest BCUT2D eigenvalue weighted by atomic mass is 16.5. The average Bonchev–Trinajstić information content (AvgIpc) is 3.10. The first-order chi connectivity index (χ1) is 14.5. The zero-order valence-corrected chi connectivity index (χ0v) is 16.6. The van der Waals surface area contributed by atoms with Crippen LogP contribution in [-0.2, 0) is 9.53 Å². The maximum absolute atomic E-state index is 12.9. The molecule has 0 spiro atoms. The molecule has 0 unspecified atom stereocenters. The number of nitrogens with zero attached hydrogens (tertiary/aromatic N) is 3. The molecule has 2 aromatic carbocycles. The van der Waals surface area contributed by atoms with Crippen LogP contribution in [0, 0.1) is 28.1 Å². The molecule has 0 amide bonds. The second kappa shape index (κ2) is 7.17. The number of nitriles is 2. The van der Waals surface area contributed by atoms with E-state index < -0.39 is 29.4 Å². The van der Waals surface area contributed by atoms with E-state index in [1.54, 1.807) is 24.3 Å². The molecule has 0 saturated carbocycles. The van der Waals surface area contributed by atoms with Gasteiger partial charge in [-0.05, 0) is 36.2 Å². The summed E-state index contributed by atoms with van der Waals surface area (Å²) >= 11 is 0. The lowest BCUT2D eigenvalue weighted by atomic mass is 9.69. The fourth-order valence-corrected chi connectivity index (χ4v) is 4.71. The molecule has 6 nitrogen and oxygen atoms in total. The van der Waals surface area contributed by atoms with E-state index >= 15 is 0 Å². The van der Waals surface area contributed by atoms with Crippen molar-refractivity contribution >= 4 is 23.5 Å². The Labute approximate surface area is 174 Å². The third-order valence-corrected chi connectivity index (χ3v) is 6.02. The quantitative estimate of drug-likeness (QED) is 0.736. The molecule has 2 aromatic rings. The van der Waals surface area contributed by atoms with Gasteiger partial charge in [-0.3, -0.25) is 4.79 Å². The Balaban J connectivity index is 1.92. The van der Waals surface area contributed by atoms with Crippen molar-refractivity contribution in [3.8, 4) is 12.1 Å². The van der Waals surface area contributed by atoms with E-state index in [-0.39, 0.29) is 5.78 Å². The van der Waals surface area contributed by atoms with Gasteiger partial charge in [0, 0.05) is 11.6 Å². The van der Waals surface area contributed by atoms with Crippen LogP contribution in [0.25, 0.3) is 6.08 Å². The second-order valence-corrected chi connectivity index (χ2v) is 7.51.